The molecule has 0 atom stereocenters. The van der Waals surface area contributed by atoms with E-state index in [4.69, 9.17) is 9.47 Å². The highest BCUT2D eigenvalue weighted by molar-refractivity contribution is 7.98. The highest BCUT2D eigenvalue weighted by Gasteiger charge is 2.28. The molecule has 7 nitrogen and oxygen atoms in total. The van der Waals surface area contributed by atoms with Gasteiger partial charge in [-0.25, -0.2) is 8.42 Å². The number of rotatable bonds is 13. The molecule has 3 aromatic rings. The summed E-state index contributed by atoms with van der Waals surface area (Å²) in [5, 5.41) is 2.86. The van der Waals surface area contributed by atoms with Crippen LogP contribution in [0.4, 0.5) is 5.69 Å². The molecule has 3 rings (SSSR count). The molecule has 37 heavy (non-hydrogen) atoms. The molecule has 0 aliphatic heterocycles. The molecule has 0 radical (unpaired) electrons. The number of hydrogen-bond donors (Lipinski definition) is 1. The molecule has 0 bridgehead atoms. The molecule has 0 fully saturated rings. The van der Waals surface area contributed by atoms with Crippen molar-refractivity contribution in [2.45, 2.75) is 30.9 Å². The lowest BCUT2D eigenvalue weighted by Crippen LogP contribution is -2.41. The Morgan fingerprint density at radius 1 is 0.919 bits per heavy atom. The van der Waals surface area contributed by atoms with Crippen molar-refractivity contribution in [2.75, 3.05) is 37.4 Å². The fourth-order valence-corrected chi connectivity index (χ4v) is 6.06. The number of anilines is 1. The molecule has 198 valence electrons. The first-order valence-electron chi connectivity index (χ1n) is 12.0. The summed E-state index contributed by atoms with van der Waals surface area (Å²) in [6.45, 7) is 4.13. The first kappa shape index (κ1) is 28.4. The summed E-state index contributed by atoms with van der Waals surface area (Å²) in [4.78, 5) is 12.8. The van der Waals surface area contributed by atoms with Crippen molar-refractivity contribution < 1.29 is 22.7 Å². The van der Waals surface area contributed by atoms with Gasteiger partial charge in [-0.2, -0.15) is 11.8 Å². The molecule has 3 aromatic carbocycles. The van der Waals surface area contributed by atoms with Crippen LogP contribution in [0.15, 0.2) is 71.6 Å². The highest BCUT2D eigenvalue weighted by atomic mass is 32.2. The third-order valence-electron chi connectivity index (χ3n) is 5.69. The van der Waals surface area contributed by atoms with E-state index in [0.29, 0.717) is 23.7 Å². The van der Waals surface area contributed by atoms with Crippen LogP contribution in [0.5, 0.6) is 11.5 Å². The van der Waals surface area contributed by atoms with Crippen LogP contribution in [-0.4, -0.2) is 47.4 Å². The van der Waals surface area contributed by atoms with Crippen molar-refractivity contribution in [3.05, 3.63) is 83.4 Å². The summed E-state index contributed by atoms with van der Waals surface area (Å²) >= 11 is 1.81. The van der Waals surface area contributed by atoms with E-state index in [1.54, 1.807) is 12.1 Å². The van der Waals surface area contributed by atoms with Crippen LogP contribution in [0.2, 0.25) is 0 Å². The van der Waals surface area contributed by atoms with Gasteiger partial charge in [-0.05, 0) is 55.9 Å². The Labute approximate surface area is 224 Å². The Hall–Kier alpha value is -3.17. The van der Waals surface area contributed by atoms with Gasteiger partial charge in [0.15, 0.2) is 11.5 Å². The lowest BCUT2D eigenvalue weighted by molar-refractivity contribution is -0.119. The van der Waals surface area contributed by atoms with E-state index >= 15 is 0 Å². The lowest BCUT2D eigenvalue weighted by Gasteiger charge is -2.24. The Morgan fingerprint density at radius 2 is 1.65 bits per heavy atom. The van der Waals surface area contributed by atoms with E-state index in [1.807, 2.05) is 30.8 Å². The molecule has 0 saturated heterocycles. The molecule has 9 heteroatoms. The molecule has 1 N–H and O–H groups in total. The Morgan fingerprint density at radius 3 is 2.32 bits per heavy atom. The molecule has 0 aromatic heterocycles. The number of benzene rings is 3. The van der Waals surface area contributed by atoms with E-state index < -0.39 is 10.0 Å². The molecule has 0 saturated carbocycles. The number of hydrogen-bond acceptors (Lipinski definition) is 6. The Bertz CT molecular complexity index is 1290. The Balaban J connectivity index is 1.65. The summed E-state index contributed by atoms with van der Waals surface area (Å²) in [5.41, 5.74) is 3.92. The van der Waals surface area contributed by atoms with Crippen LogP contribution in [0.3, 0.4) is 0 Å². The molecular weight excluding hydrogens is 508 g/mol. The zero-order valence-electron chi connectivity index (χ0n) is 21.7. The monoisotopic (exact) mass is 542 g/mol. The summed E-state index contributed by atoms with van der Waals surface area (Å²) in [5.74, 6) is 2.15. The summed E-state index contributed by atoms with van der Waals surface area (Å²) < 4.78 is 38.9. The van der Waals surface area contributed by atoms with Crippen molar-refractivity contribution in [2.24, 2.45) is 0 Å². The van der Waals surface area contributed by atoms with Gasteiger partial charge in [-0.3, -0.25) is 9.10 Å². The number of amides is 1. The quantitative estimate of drug-likeness (QED) is 0.308. The fraction of sp³-hybridized carbons (Fsp3) is 0.321. The third-order valence-corrected chi connectivity index (χ3v) is 8.58. The largest absolute Gasteiger partial charge is 0.493 e. The van der Waals surface area contributed by atoms with E-state index in [9.17, 15) is 13.2 Å². The predicted octanol–water partition coefficient (Wildman–Crippen LogP) is 4.96. The van der Waals surface area contributed by atoms with Gasteiger partial charge in [-0.1, -0.05) is 47.5 Å². The normalized spacial score (nSPS) is 11.1. The number of nitrogens with one attached hydrogen (secondary N) is 1. The maximum atomic E-state index is 13.6. The number of thioether (sulfide) groups is 1. The van der Waals surface area contributed by atoms with Gasteiger partial charge in [0, 0.05) is 18.4 Å². The van der Waals surface area contributed by atoms with Crippen molar-refractivity contribution in [1.82, 2.24) is 5.32 Å². The molecule has 0 aliphatic carbocycles. The van der Waals surface area contributed by atoms with Gasteiger partial charge in [-0.15, -0.1) is 0 Å². The van der Waals surface area contributed by atoms with Crippen molar-refractivity contribution >= 4 is 33.4 Å². The highest BCUT2D eigenvalue weighted by Crippen LogP contribution is 2.32. The zero-order valence-corrected chi connectivity index (χ0v) is 23.3. The molecule has 1 amide bonds. The second-order valence-electron chi connectivity index (χ2n) is 8.61. The van der Waals surface area contributed by atoms with E-state index in [0.717, 1.165) is 27.8 Å². The van der Waals surface area contributed by atoms with Gasteiger partial charge in [0.25, 0.3) is 10.0 Å². The number of carbonyl (C=O) groups is 1. The molecule has 0 unspecified atom stereocenters. The number of sulfonamides is 1. The average molecular weight is 543 g/mol. The van der Waals surface area contributed by atoms with Gasteiger partial charge >= 0.3 is 0 Å². The smallest absolute Gasteiger partial charge is 0.264 e. The lowest BCUT2D eigenvalue weighted by atomic mass is 10.2. The second-order valence-corrected chi connectivity index (χ2v) is 11.6. The first-order chi connectivity index (χ1) is 17.7. The SMILES string of the molecule is COc1ccc(S(=O)(=O)N(CC(=O)NCCCSCc2cccc(C)c2)c2ccc(C)cc2)cc1OC. The van der Waals surface area contributed by atoms with E-state index in [-0.39, 0.29) is 17.3 Å². The molecule has 0 spiro atoms. The van der Waals surface area contributed by atoms with Crippen LogP contribution in [0.25, 0.3) is 0 Å². The number of methoxy groups -OCH3 is 2. The summed E-state index contributed by atoms with van der Waals surface area (Å²) in [7, 11) is -1.13. The second kappa shape index (κ2) is 13.4. The maximum Gasteiger partial charge on any atom is 0.264 e. The van der Waals surface area contributed by atoms with Gasteiger partial charge in [0.1, 0.15) is 6.54 Å². The average Bonchev–Trinajstić information content (AvgIpc) is 2.89. The van der Waals surface area contributed by atoms with Crippen LogP contribution < -0.4 is 19.1 Å². The number of carbonyl (C=O) groups excluding carboxylic acids is 1. The van der Waals surface area contributed by atoms with Crippen molar-refractivity contribution in [1.29, 1.82) is 0 Å². The predicted molar refractivity (Wildman–Crippen MR) is 150 cm³/mol. The molecular formula is C28H34N2O5S2. The number of aryl methyl sites for hydroxylation is 2. The van der Waals surface area contributed by atoms with Gasteiger partial charge in [0.05, 0.1) is 24.8 Å². The minimum atomic E-state index is -4.06. The summed E-state index contributed by atoms with van der Waals surface area (Å²) in [6, 6.07) is 19.8. The zero-order chi connectivity index (χ0) is 26.8. The van der Waals surface area contributed by atoms with E-state index in [2.05, 4.69) is 36.5 Å². The van der Waals surface area contributed by atoms with Crippen molar-refractivity contribution in [3.8, 4) is 11.5 Å². The molecule has 0 aliphatic rings. The van der Waals surface area contributed by atoms with Gasteiger partial charge < -0.3 is 14.8 Å². The summed E-state index contributed by atoms with van der Waals surface area (Å²) in [6.07, 6.45) is 0.787. The minimum absolute atomic E-state index is 0.00562. The third kappa shape index (κ3) is 7.90. The first-order valence-corrected chi connectivity index (χ1v) is 14.6. The van der Waals surface area contributed by atoms with E-state index in [1.165, 1.54) is 43.5 Å². The minimum Gasteiger partial charge on any atom is -0.493 e. The van der Waals surface area contributed by atoms with Crippen LogP contribution in [-0.2, 0) is 20.6 Å². The number of nitrogens with zero attached hydrogens (tertiary/aromatic N) is 1. The maximum absolute atomic E-state index is 13.6. The van der Waals surface area contributed by atoms with Crippen LogP contribution in [0, 0.1) is 13.8 Å². The fourth-order valence-electron chi connectivity index (χ4n) is 3.71. The molecule has 0 heterocycles. The Kier molecular flexibility index (Phi) is 10.3. The number of ether oxygens (including phenoxy) is 2. The standard InChI is InChI=1S/C28H34N2O5S2/c1-21-9-11-24(12-10-21)30(37(32,33)25-13-14-26(34-3)27(18-25)35-4)19-28(31)29-15-6-16-36-20-23-8-5-7-22(2)17-23/h5,7-14,17-18H,6,15-16,19-20H2,1-4H3,(H,29,31). The van der Waals surface area contributed by atoms with Crippen LogP contribution in [0.1, 0.15) is 23.1 Å². The van der Waals surface area contributed by atoms with Gasteiger partial charge in [0.2, 0.25) is 5.91 Å². The topological polar surface area (TPSA) is 84.9 Å². The van der Waals surface area contributed by atoms with Crippen molar-refractivity contribution in [3.63, 3.8) is 0 Å². The van der Waals surface area contributed by atoms with Crippen LogP contribution >= 0.6 is 11.8 Å².